The van der Waals surface area contributed by atoms with E-state index in [1.54, 1.807) is 33.8 Å². The lowest BCUT2D eigenvalue weighted by molar-refractivity contribution is -0.175. The van der Waals surface area contributed by atoms with Crippen LogP contribution in [0.1, 0.15) is 68.2 Å². The second kappa shape index (κ2) is 8.72. The van der Waals surface area contributed by atoms with Crippen molar-refractivity contribution in [2.75, 3.05) is 0 Å². The van der Waals surface area contributed by atoms with Gasteiger partial charge in [-0.2, -0.15) is 0 Å². The van der Waals surface area contributed by atoms with E-state index in [0.29, 0.717) is 17.6 Å². The van der Waals surface area contributed by atoms with Crippen LogP contribution in [-0.4, -0.2) is 35.7 Å². The van der Waals surface area contributed by atoms with Crippen LogP contribution in [-0.2, 0) is 28.6 Å². The molecule has 1 saturated heterocycles. The van der Waals surface area contributed by atoms with E-state index in [1.165, 1.54) is 5.57 Å². The van der Waals surface area contributed by atoms with E-state index in [4.69, 9.17) is 14.2 Å². The fourth-order valence-corrected chi connectivity index (χ4v) is 4.91. The second-order valence-electron chi connectivity index (χ2n) is 9.57. The Morgan fingerprint density at radius 1 is 1.16 bits per heavy atom. The summed E-state index contributed by atoms with van der Waals surface area (Å²) >= 11 is 0. The third-order valence-electron chi connectivity index (χ3n) is 7.31. The minimum absolute atomic E-state index is 0.0967. The molecule has 5 atom stereocenters. The van der Waals surface area contributed by atoms with Gasteiger partial charge in [0, 0.05) is 23.5 Å². The molecule has 0 unspecified atom stereocenters. The van der Waals surface area contributed by atoms with E-state index in [0.717, 1.165) is 23.1 Å². The summed E-state index contributed by atoms with van der Waals surface area (Å²) in [6.45, 7) is 14.5. The van der Waals surface area contributed by atoms with Crippen LogP contribution in [0.15, 0.2) is 45.6 Å². The van der Waals surface area contributed by atoms with Crippen molar-refractivity contribution in [3.05, 3.63) is 45.6 Å². The minimum atomic E-state index is -1.56. The quantitative estimate of drug-likeness (QED) is 0.271. The minimum Gasteiger partial charge on any atom is -0.458 e. The molecule has 0 N–H and O–H groups in total. The normalized spacial score (nSPS) is 31.8. The van der Waals surface area contributed by atoms with Crippen molar-refractivity contribution in [2.24, 2.45) is 11.8 Å². The molecule has 3 rings (SSSR count). The van der Waals surface area contributed by atoms with Gasteiger partial charge in [-0.05, 0) is 61.8 Å². The van der Waals surface area contributed by atoms with Crippen molar-refractivity contribution >= 4 is 17.9 Å². The summed E-state index contributed by atoms with van der Waals surface area (Å²) in [6, 6.07) is 0. The summed E-state index contributed by atoms with van der Waals surface area (Å²) in [5.41, 5.74) is 3.67. The molecule has 6 heteroatoms. The predicted molar refractivity (Wildman–Crippen MR) is 120 cm³/mol. The van der Waals surface area contributed by atoms with Gasteiger partial charge < -0.3 is 14.2 Å². The predicted octanol–water partition coefficient (Wildman–Crippen LogP) is 4.75. The SMILES string of the molecule is C/C=C(\C)C(=O)O[C@]1(C)C(=O)O[C@@H]2[C@@H]3C(C)=CCC3=C(C)C[C@@H](OC(=O)C(C)=C(C)C)[C@H]21. The van der Waals surface area contributed by atoms with Crippen LogP contribution in [0.25, 0.3) is 0 Å². The summed E-state index contributed by atoms with van der Waals surface area (Å²) in [5, 5.41) is 0. The molecule has 2 aliphatic carbocycles. The summed E-state index contributed by atoms with van der Waals surface area (Å²) < 4.78 is 17.7. The van der Waals surface area contributed by atoms with Gasteiger partial charge in [0.25, 0.3) is 0 Å². The molecule has 0 bridgehead atoms. The summed E-state index contributed by atoms with van der Waals surface area (Å²) in [5.74, 6) is -2.32. The molecule has 0 saturated carbocycles. The molecule has 1 aliphatic heterocycles. The summed E-state index contributed by atoms with van der Waals surface area (Å²) in [6.07, 6.45) is 3.80. The van der Waals surface area contributed by atoms with E-state index in [9.17, 15) is 14.4 Å². The fraction of sp³-hybridized carbons (Fsp3) is 0.577. The average Bonchev–Trinajstić information content (AvgIpc) is 3.19. The summed E-state index contributed by atoms with van der Waals surface area (Å²) in [4.78, 5) is 38.7. The number of carbonyl (C=O) groups is 3. The highest BCUT2D eigenvalue weighted by Gasteiger charge is 2.64. The lowest BCUT2D eigenvalue weighted by Gasteiger charge is -2.35. The Bertz CT molecular complexity index is 974. The van der Waals surface area contributed by atoms with Gasteiger partial charge in [0.05, 0.1) is 5.92 Å². The molecular weight excluding hydrogens is 408 g/mol. The number of carbonyl (C=O) groups excluding carboxylic acids is 3. The molecule has 0 amide bonds. The highest BCUT2D eigenvalue weighted by molar-refractivity contribution is 5.92. The first-order valence-corrected chi connectivity index (χ1v) is 11.2. The zero-order chi connectivity index (χ0) is 24.0. The van der Waals surface area contributed by atoms with Crippen LogP contribution in [0.3, 0.4) is 0 Å². The first-order chi connectivity index (χ1) is 14.9. The zero-order valence-electron chi connectivity index (χ0n) is 20.3. The lowest BCUT2D eigenvalue weighted by Crippen LogP contribution is -2.50. The molecule has 0 aromatic heterocycles. The largest absolute Gasteiger partial charge is 0.458 e. The number of ether oxygens (including phenoxy) is 3. The topological polar surface area (TPSA) is 78.9 Å². The molecule has 174 valence electrons. The fourth-order valence-electron chi connectivity index (χ4n) is 4.91. The van der Waals surface area contributed by atoms with Gasteiger partial charge in [-0.25, -0.2) is 14.4 Å². The maximum absolute atomic E-state index is 13.2. The summed E-state index contributed by atoms with van der Waals surface area (Å²) in [7, 11) is 0. The van der Waals surface area contributed by atoms with Crippen molar-refractivity contribution in [3.63, 3.8) is 0 Å². The highest BCUT2D eigenvalue weighted by atomic mass is 16.6. The number of fused-ring (bicyclic) bond motifs is 3. The van der Waals surface area contributed by atoms with Crippen molar-refractivity contribution in [2.45, 2.75) is 86.0 Å². The smallest absolute Gasteiger partial charge is 0.351 e. The van der Waals surface area contributed by atoms with E-state index in [-0.39, 0.29) is 5.92 Å². The zero-order valence-corrected chi connectivity index (χ0v) is 20.3. The third-order valence-corrected chi connectivity index (χ3v) is 7.31. The monoisotopic (exact) mass is 442 g/mol. The number of hydrogen-bond donors (Lipinski definition) is 0. The molecule has 3 aliphatic rings. The molecule has 1 heterocycles. The number of rotatable bonds is 4. The lowest BCUT2D eigenvalue weighted by atomic mass is 9.77. The average molecular weight is 443 g/mol. The second-order valence-corrected chi connectivity index (χ2v) is 9.57. The van der Waals surface area contributed by atoms with E-state index in [2.05, 4.69) is 6.08 Å². The van der Waals surface area contributed by atoms with Crippen LogP contribution in [0.5, 0.6) is 0 Å². The van der Waals surface area contributed by atoms with E-state index >= 15 is 0 Å². The Labute approximate surface area is 190 Å². The Balaban J connectivity index is 2.09. The van der Waals surface area contributed by atoms with Gasteiger partial charge in [-0.1, -0.05) is 34.4 Å². The van der Waals surface area contributed by atoms with Gasteiger partial charge >= 0.3 is 17.9 Å². The first kappa shape index (κ1) is 24.0. The van der Waals surface area contributed by atoms with E-state index < -0.39 is 41.6 Å². The molecule has 6 nitrogen and oxygen atoms in total. The Morgan fingerprint density at radius 2 is 1.81 bits per heavy atom. The number of esters is 3. The molecule has 0 aromatic rings. The van der Waals surface area contributed by atoms with Gasteiger partial charge in [-0.15, -0.1) is 0 Å². The maximum atomic E-state index is 13.2. The molecule has 0 radical (unpaired) electrons. The van der Waals surface area contributed by atoms with Gasteiger partial charge in [0.1, 0.15) is 12.2 Å². The molecule has 1 fully saturated rings. The van der Waals surface area contributed by atoms with Gasteiger partial charge in [-0.3, -0.25) is 0 Å². The van der Waals surface area contributed by atoms with Gasteiger partial charge in [0.15, 0.2) is 0 Å². The Hall–Kier alpha value is -2.63. The number of allylic oxidation sites excluding steroid dienone is 3. The molecule has 32 heavy (non-hydrogen) atoms. The van der Waals surface area contributed by atoms with Crippen LogP contribution >= 0.6 is 0 Å². The van der Waals surface area contributed by atoms with Crippen molar-refractivity contribution in [3.8, 4) is 0 Å². The Morgan fingerprint density at radius 3 is 2.41 bits per heavy atom. The van der Waals surface area contributed by atoms with Crippen LogP contribution in [0, 0.1) is 11.8 Å². The van der Waals surface area contributed by atoms with Crippen molar-refractivity contribution < 1.29 is 28.6 Å². The van der Waals surface area contributed by atoms with Gasteiger partial charge in [0.2, 0.25) is 5.60 Å². The highest BCUT2D eigenvalue weighted by Crippen LogP contribution is 2.52. The molecule has 0 spiro atoms. The first-order valence-electron chi connectivity index (χ1n) is 11.2. The Kier molecular flexibility index (Phi) is 6.55. The third kappa shape index (κ3) is 3.96. The van der Waals surface area contributed by atoms with Crippen molar-refractivity contribution in [1.29, 1.82) is 0 Å². The van der Waals surface area contributed by atoms with Crippen molar-refractivity contribution in [1.82, 2.24) is 0 Å². The standard InChI is InChI=1S/C26H34O6/c1-9-14(4)23(27)32-26(8)21-19(30-24(28)17(7)13(2)3)12-16(6)18-11-10-15(5)20(18)22(21)31-25(26)29/h9-10,19-22H,11-12H2,1-8H3/b14-9+/t19-,20-,21-,22-,26+/m1/s1. The maximum Gasteiger partial charge on any atom is 0.351 e. The number of hydrogen-bond acceptors (Lipinski definition) is 6. The van der Waals surface area contributed by atoms with Crippen LogP contribution in [0.2, 0.25) is 0 Å². The molecular formula is C26H34O6. The van der Waals surface area contributed by atoms with Crippen LogP contribution in [0.4, 0.5) is 0 Å². The van der Waals surface area contributed by atoms with Crippen LogP contribution < -0.4 is 0 Å². The molecule has 0 aromatic carbocycles. The van der Waals surface area contributed by atoms with E-state index in [1.807, 2.05) is 27.7 Å².